The summed E-state index contributed by atoms with van der Waals surface area (Å²) in [5.41, 5.74) is 11.9. The molecule has 0 spiro atoms. The second-order valence-corrected chi connectivity index (χ2v) is 7.54. The third-order valence-corrected chi connectivity index (χ3v) is 5.45. The summed E-state index contributed by atoms with van der Waals surface area (Å²) in [5, 5.41) is 19.2. The zero-order chi connectivity index (χ0) is 20.7. The van der Waals surface area contributed by atoms with E-state index in [1.807, 2.05) is 27.7 Å². The van der Waals surface area contributed by atoms with Gasteiger partial charge in [0.25, 0.3) is 0 Å². The first kappa shape index (κ1) is 19.4. The van der Waals surface area contributed by atoms with Gasteiger partial charge in [0.15, 0.2) is 0 Å². The Kier molecular flexibility index (Phi) is 4.84. The van der Waals surface area contributed by atoms with Crippen molar-refractivity contribution < 1.29 is 0 Å². The molecule has 0 amide bonds. The first-order chi connectivity index (χ1) is 13.2. The Hall–Kier alpha value is -3.37. The van der Waals surface area contributed by atoms with Crippen molar-refractivity contribution in [2.45, 2.75) is 48.5 Å². The molecule has 28 heavy (non-hydrogen) atoms. The molecule has 3 rings (SSSR count). The van der Waals surface area contributed by atoms with E-state index in [2.05, 4.69) is 50.0 Å². The topological polar surface area (TPSA) is 75.7 Å². The maximum atomic E-state index is 9.58. The lowest BCUT2D eigenvalue weighted by atomic mass is 9.88. The molecule has 2 aromatic rings. The number of aryl methyl sites for hydroxylation is 4. The summed E-state index contributed by atoms with van der Waals surface area (Å²) in [6.07, 6.45) is 0. The van der Waals surface area contributed by atoms with E-state index in [0.717, 1.165) is 56.2 Å². The molecule has 4 nitrogen and oxygen atoms in total. The molecule has 0 fully saturated rings. The van der Waals surface area contributed by atoms with E-state index < -0.39 is 0 Å². The van der Waals surface area contributed by atoms with Crippen molar-refractivity contribution >= 4 is 11.3 Å². The summed E-state index contributed by atoms with van der Waals surface area (Å²) in [6.45, 7) is 14.0. The van der Waals surface area contributed by atoms with Crippen molar-refractivity contribution in [3.63, 3.8) is 0 Å². The van der Waals surface area contributed by atoms with Gasteiger partial charge in [-0.15, -0.1) is 0 Å². The van der Waals surface area contributed by atoms with Crippen LogP contribution < -0.4 is 0 Å². The van der Waals surface area contributed by atoms with E-state index in [-0.39, 0.29) is 0 Å². The number of aliphatic imine (C=N–C) groups is 1. The molecule has 0 atom stereocenters. The second kappa shape index (κ2) is 6.98. The van der Waals surface area contributed by atoms with Crippen LogP contribution in [0.5, 0.6) is 0 Å². The first-order valence-electron chi connectivity index (χ1n) is 9.30. The van der Waals surface area contributed by atoms with Crippen LogP contribution in [0.15, 0.2) is 34.0 Å². The number of aromatic nitrogens is 1. The minimum Gasteiger partial charge on any atom is -0.357 e. The van der Waals surface area contributed by atoms with Crippen LogP contribution in [-0.4, -0.2) is 10.7 Å². The van der Waals surface area contributed by atoms with Crippen LogP contribution in [0.25, 0.3) is 5.57 Å². The first-order valence-corrected chi connectivity index (χ1v) is 9.30. The summed E-state index contributed by atoms with van der Waals surface area (Å²) < 4.78 is 0. The normalized spacial score (nSPS) is 15.4. The number of allylic oxidation sites excluding steroid dienone is 2. The van der Waals surface area contributed by atoms with Crippen molar-refractivity contribution in [3.05, 3.63) is 73.7 Å². The number of rotatable bonds is 2. The number of nitrogens with zero attached hydrogens (tertiary/aromatic N) is 3. The summed E-state index contributed by atoms with van der Waals surface area (Å²) in [4.78, 5) is 8.20. The van der Waals surface area contributed by atoms with Crippen LogP contribution in [-0.2, 0) is 0 Å². The average Bonchev–Trinajstić information content (AvgIpc) is 3.05. The minimum atomic E-state index is 0.622. The molecule has 0 unspecified atom stereocenters. The van der Waals surface area contributed by atoms with Gasteiger partial charge in [0.2, 0.25) is 0 Å². The molecule has 2 heterocycles. The number of H-pyrrole nitrogens is 1. The van der Waals surface area contributed by atoms with E-state index >= 15 is 0 Å². The molecule has 1 aromatic carbocycles. The maximum absolute atomic E-state index is 9.58. The molecular weight excluding hydrogens is 344 g/mol. The van der Waals surface area contributed by atoms with Crippen LogP contribution in [0.4, 0.5) is 0 Å². The van der Waals surface area contributed by atoms with Gasteiger partial charge in [-0.05, 0) is 76.3 Å². The van der Waals surface area contributed by atoms with Crippen molar-refractivity contribution in [1.29, 1.82) is 10.5 Å². The largest absolute Gasteiger partial charge is 0.357 e. The van der Waals surface area contributed by atoms with Crippen LogP contribution in [0.1, 0.15) is 58.6 Å². The Morgan fingerprint density at radius 3 is 2.00 bits per heavy atom. The third-order valence-electron chi connectivity index (χ3n) is 5.45. The summed E-state index contributed by atoms with van der Waals surface area (Å²) in [7, 11) is 0. The van der Waals surface area contributed by atoms with E-state index in [1.54, 1.807) is 0 Å². The fraction of sp³-hybridized carbons (Fsp3) is 0.292. The summed E-state index contributed by atoms with van der Waals surface area (Å²) in [6, 6.07) is 8.91. The van der Waals surface area contributed by atoms with E-state index in [0.29, 0.717) is 11.1 Å². The third kappa shape index (κ3) is 2.88. The van der Waals surface area contributed by atoms with Gasteiger partial charge in [0.05, 0.1) is 28.2 Å². The Labute approximate surface area is 166 Å². The number of hydrogen-bond donors (Lipinski definition) is 1. The van der Waals surface area contributed by atoms with Crippen LogP contribution in [0.3, 0.4) is 0 Å². The van der Waals surface area contributed by atoms with E-state index in [4.69, 9.17) is 4.99 Å². The fourth-order valence-electron chi connectivity index (χ4n) is 4.21. The minimum absolute atomic E-state index is 0.622. The fourth-order valence-corrected chi connectivity index (χ4v) is 4.21. The number of benzene rings is 1. The highest BCUT2D eigenvalue weighted by Gasteiger charge is 2.27. The highest BCUT2D eigenvalue weighted by molar-refractivity contribution is 6.08. The van der Waals surface area contributed by atoms with Gasteiger partial charge in [-0.3, -0.25) is 4.99 Å². The Balaban J connectivity index is 2.50. The smallest absolute Gasteiger partial charge is 0.101 e. The molecule has 0 saturated carbocycles. The Morgan fingerprint density at radius 1 is 0.929 bits per heavy atom. The number of aromatic amines is 1. The number of hydrogen-bond acceptors (Lipinski definition) is 3. The summed E-state index contributed by atoms with van der Waals surface area (Å²) in [5.74, 6) is 0. The number of nitriles is 2. The maximum Gasteiger partial charge on any atom is 0.101 e. The predicted molar refractivity (Wildman–Crippen MR) is 113 cm³/mol. The molecule has 1 aliphatic rings. The SMILES string of the molecule is CC1=N/C(=C(\c2[nH]c(C)c(C#N)c2C)c2c(C)cc(C)cc2C)C(C)=C1C#N. The van der Waals surface area contributed by atoms with Crippen molar-refractivity contribution in [1.82, 2.24) is 4.98 Å². The quantitative estimate of drug-likeness (QED) is 0.759. The average molecular weight is 368 g/mol. The molecular formula is C24H24N4. The Morgan fingerprint density at radius 2 is 1.54 bits per heavy atom. The molecule has 0 saturated heterocycles. The van der Waals surface area contributed by atoms with Gasteiger partial charge in [-0.2, -0.15) is 10.5 Å². The molecule has 1 N–H and O–H groups in total. The molecule has 4 heteroatoms. The van der Waals surface area contributed by atoms with Gasteiger partial charge in [-0.1, -0.05) is 17.7 Å². The lowest BCUT2D eigenvalue weighted by molar-refractivity contribution is 1.19. The van der Waals surface area contributed by atoms with E-state index in [1.165, 1.54) is 5.56 Å². The molecule has 0 radical (unpaired) electrons. The van der Waals surface area contributed by atoms with Gasteiger partial charge < -0.3 is 4.98 Å². The lowest BCUT2D eigenvalue weighted by Crippen LogP contribution is -2.02. The predicted octanol–water partition coefficient (Wildman–Crippen LogP) is 5.50. The monoisotopic (exact) mass is 368 g/mol. The zero-order valence-electron chi connectivity index (χ0n) is 17.5. The van der Waals surface area contributed by atoms with Gasteiger partial charge >= 0.3 is 0 Å². The zero-order valence-corrected chi connectivity index (χ0v) is 17.5. The molecule has 140 valence electrons. The number of nitrogens with one attached hydrogen (secondary N) is 1. The highest BCUT2D eigenvalue weighted by atomic mass is 14.8. The van der Waals surface area contributed by atoms with Crippen LogP contribution in [0, 0.1) is 57.3 Å². The van der Waals surface area contributed by atoms with Gasteiger partial charge in [0.1, 0.15) is 12.1 Å². The molecule has 0 aliphatic carbocycles. The van der Waals surface area contributed by atoms with Crippen molar-refractivity contribution in [2.75, 3.05) is 0 Å². The molecule has 0 bridgehead atoms. The lowest BCUT2D eigenvalue weighted by Gasteiger charge is -2.18. The standard InChI is InChI=1S/C24H24N4/c1-12-8-13(2)21(14(3)9-12)22(23-15(4)19(10-25)17(6)27-23)24-16(5)20(11-26)18(7)28-24/h8-9,27H,1-7H3/b24-22-. The summed E-state index contributed by atoms with van der Waals surface area (Å²) >= 11 is 0. The van der Waals surface area contributed by atoms with Crippen molar-refractivity contribution in [2.24, 2.45) is 4.99 Å². The van der Waals surface area contributed by atoms with Gasteiger partial charge in [0, 0.05) is 11.3 Å². The van der Waals surface area contributed by atoms with Crippen LogP contribution in [0.2, 0.25) is 0 Å². The van der Waals surface area contributed by atoms with E-state index in [9.17, 15) is 10.5 Å². The second-order valence-electron chi connectivity index (χ2n) is 7.54. The Bertz CT molecular complexity index is 1160. The van der Waals surface area contributed by atoms with Gasteiger partial charge in [-0.25, -0.2) is 0 Å². The molecule has 1 aliphatic heterocycles. The van der Waals surface area contributed by atoms with Crippen molar-refractivity contribution in [3.8, 4) is 12.1 Å². The highest BCUT2D eigenvalue weighted by Crippen LogP contribution is 2.40. The van der Waals surface area contributed by atoms with Crippen LogP contribution >= 0.6 is 0 Å². The molecule has 1 aromatic heterocycles.